The molecule has 0 radical (unpaired) electrons. The Morgan fingerprint density at radius 2 is 1.51 bits per heavy atom. The molecule has 6 heteroatoms. The predicted molar refractivity (Wildman–Crippen MR) is 141 cm³/mol. The van der Waals surface area contributed by atoms with Gasteiger partial charge in [0.05, 0.1) is 5.92 Å². The summed E-state index contributed by atoms with van der Waals surface area (Å²) in [6.07, 6.45) is 18.5. The Morgan fingerprint density at radius 1 is 0.943 bits per heavy atom. The molecule has 1 aliphatic heterocycles. The van der Waals surface area contributed by atoms with E-state index in [1.165, 1.54) is 57.8 Å². The van der Waals surface area contributed by atoms with Crippen molar-refractivity contribution < 1.29 is 23.9 Å². The molecule has 0 spiro atoms. The van der Waals surface area contributed by atoms with Gasteiger partial charge in [0.25, 0.3) is 0 Å². The first-order chi connectivity index (χ1) is 16.9. The van der Waals surface area contributed by atoms with E-state index in [-0.39, 0.29) is 36.0 Å². The van der Waals surface area contributed by atoms with Crippen LogP contribution < -0.4 is 5.32 Å². The molecular weight excluding hydrogens is 442 g/mol. The molecule has 35 heavy (non-hydrogen) atoms. The van der Waals surface area contributed by atoms with Crippen LogP contribution in [-0.4, -0.2) is 36.6 Å². The fraction of sp³-hybridized carbons (Fsp3) is 0.897. The van der Waals surface area contributed by atoms with Crippen molar-refractivity contribution in [2.24, 2.45) is 11.8 Å². The standard InChI is InChI=1S/C29H53NO5/c1-5-7-9-11-12-13-14-15-16-18-24(34-29(33)26(30-22-31)20-23(3)4)21-27-25(28(32)35-27)19-17-10-8-6-2/h22-27H,5-21H2,1-4H3,(H,30,31)/t24-,25-,26-,27-/m1/s1. The van der Waals surface area contributed by atoms with Crippen LogP contribution in [0, 0.1) is 11.8 Å². The first kappa shape index (κ1) is 31.4. The minimum atomic E-state index is -0.632. The second-order valence-corrected chi connectivity index (χ2v) is 10.8. The van der Waals surface area contributed by atoms with Crippen molar-refractivity contribution in [3.05, 3.63) is 0 Å². The number of ether oxygens (including phenoxy) is 2. The molecule has 1 aliphatic rings. The first-order valence-electron chi connectivity index (χ1n) is 14.5. The summed E-state index contributed by atoms with van der Waals surface area (Å²) in [7, 11) is 0. The number of cyclic esters (lactones) is 1. The fourth-order valence-corrected chi connectivity index (χ4v) is 4.90. The van der Waals surface area contributed by atoms with Crippen LogP contribution in [0.5, 0.6) is 0 Å². The van der Waals surface area contributed by atoms with Gasteiger partial charge < -0.3 is 14.8 Å². The highest BCUT2D eigenvalue weighted by molar-refractivity contribution is 5.79. The third-order valence-corrected chi connectivity index (χ3v) is 7.06. The maximum Gasteiger partial charge on any atom is 0.328 e. The van der Waals surface area contributed by atoms with Gasteiger partial charge in [0.15, 0.2) is 0 Å². The number of hydrogen-bond donors (Lipinski definition) is 1. The Morgan fingerprint density at radius 3 is 2.06 bits per heavy atom. The first-order valence-corrected chi connectivity index (χ1v) is 14.5. The van der Waals surface area contributed by atoms with Gasteiger partial charge in [0.1, 0.15) is 18.2 Å². The van der Waals surface area contributed by atoms with Gasteiger partial charge in [-0.2, -0.15) is 0 Å². The minimum absolute atomic E-state index is 0.0734. The van der Waals surface area contributed by atoms with E-state index in [0.29, 0.717) is 19.3 Å². The normalized spacial score (nSPS) is 19.1. The monoisotopic (exact) mass is 495 g/mol. The summed E-state index contributed by atoms with van der Waals surface area (Å²) in [6.45, 7) is 8.45. The van der Waals surface area contributed by atoms with E-state index in [9.17, 15) is 14.4 Å². The van der Waals surface area contributed by atoms with E-state index in [1.807, 2.05) is 13.8 Å². The highest BCUT2D eigenvalue weighted by Crippen LogP contribution is 2.32. The van der Waals surface area contributed by atoms with Crippen LogP contribution in [0.4, 0.5) is 0 Å². The van der Waals surface area contributed by atoms with Crippen LogP contribution in [0.2, 0.25) is 0 Å². The second kappa shape index (κ2) is 19.6. The van der Waals surface area contributed by atoms with Crippen LogP contribution in [-0.2, 0) is 23.9 Å². The zero-order chi connectivity index (χ0) is 25.9. The number of amides is 1. The summed E-state index contributed by atoms with van der Waals surface area (Å²) in [6, 6.07) is -0.632. The number of carbonyl (C=O) groups is 3. The van der Waals surface area contributed by atoms with Crippen LogP contribution in [0.1, 0.15) is 137 Å². The Labute approximate surface area is 214 Å². The Kier molecular flexibility index (Phi) is 17.6. The van der Waals surface area contributed by atoms with Crippen LogP contribution in [0.3, 0.4) is 0 Å². The highest BCUT2D eigenvalue weighted by atomic mass is 16.6. The lowest BCUT2D eigenvalue weighted by molar-refractivity contribution is -0.190. The molecule has 1 amide bonds. The molecule has 0 aromatic heterocycles. The van der Waals surface area contributed by atoms with Crippen molar-refractivity contribution >= 4 is 18.3 Å². The SMILES string of the molecule is CCCCCCCCCCC[C@H](C[C@H]1OC(=O)[C@@H]1CCCCCC)OC(=O)[C@@H](CC(C)C)NC=O. The maximum absolute atomic E-state index is 12.9. The summed E-state index contributed by atoms with van der Waals surface area (Å²) in [5, 5.41) is 2.62. The van der Waals surface area contributed by atoms with Crippen molar-refractivity contribution in [3.63, 3.8) is 0 Å². The van der Waals surface area contributed by atoms with Gasteiger partial charge in [-0.1, -0.05) is 105 Å². The molecule has 1 rings (SSSR count). The largest absolute Gasteiger partial charge is 0.461 e. The molecule has 4 atom stereocenters. The van der Waals surface area contributed by atoms with E-state index < -0.39 is 6.04 Å². The lowest BCUT2D eigenvalue weighted by Crippen LogP contribution is -2.48. The summed E-state index contributed by atoms with van der Waals surface area (Å²) in [5.74, 6) is -0.302. The Bertz CT molecular complexity index is 579. The second-order valence-electron chi connectivity index (χ2n) is 10.8. The molecule has 1 N–H and O–H groups in total. The topological polar surface area (TPSA) is 81.7 Å². The zero-order valence-corrected chi connectivity index (χ0v) is 23.0. The number of nitrogens with one attached hydrogen (secondary N) is 1. The molecule has 1 fully saturated rings. The zero-order valence-electron chi connectivity index (χ0n) is 23.0. The molecule has 0 bridgehead atoms. The number of rotatable bonds is 23. The lowest BCUT2D eigenvalue weighted by Gasteiger charge is -2.37. The number of esters is 2. The third-order valence-electron chi connectivity index (χ3n) is 7.06. The van der Waals surface area contributed by atoms with Gasteiger partial charge in [-0.15, -0.1) is 0 Å². The lowest BCUT2D eigenvalue weighted by atomic mass is 9.86. The summed E-state index contributed by atoms with van der Waals surface area (Å²) in [5.41, 5.74) is 0. The van der Waals surface area contributed by atoms with Crippen molar-refractivity contribution in [2.45, 2.75) is 155 Å². The molecule has 0 saturated carbocycles. The molecule has 0 unspecified atom stereocenters. The van der Waals surface area contributed by atoms with Crippen molar-refractivity contribution in [2.75, 3.05) is 0 Å². The molecular formula is C29H53NO5. The van der Waals surface area contributed by atoms with E-state index in [2.05, 4.69) is 19.2 Å². The number of hydrogen-bond acceptors (Lipinski definition) is 5. The van der Waals surface area contributed by atoms with E-state index >= 15 is 0 Å². The maximum atomic E-state index is 12.9. The van der Waals surface area contributed by atoms with Crippen molar-refractivity contribution in [1.82, 2.24) is 5.32 Å². The Hall–Kier alpha value is -1.59. The molecule has 0 aromatic rings. The quantitative estimate of drug-likeness (QED) is 0.0949. The van der Waals surface area contributed by atoms with Gasteiger partial charge in [-0.05, 0) is 31.6 Å². The highest BCUT2D eigenvalue weighted by Gasteiger charge is 2.43. The van der Waals surface area contributed by atoms with Gasteiger partial charge in [0.2, 0.25) is 6.41 Å². The summed E-state index contributed by atoms with van der Waals surface area (Å²) < 4.78 is 11.4. The average Bonchev–Trinajstić information content (AvgIpc) is 2.81. The van der Waals surface area contributed by atoms with E-state index in [0.717, 1.165) is 38.5 Å². The van der Waals surface area contributed by atoms with Crippen molar-refractivity contribution in [1.29, 1.82) is 0 Å². The molecule has 204 valence electrons. The smallest absolute Gasteiger partial charge is 0.328 e. The average molecular weight is 496 g/mol. The molecule has 1 heterocycles. The fourth-order valence-electron chi connectivity index (χ4n) is 4.90. The third kappa shape index (κ3) is 13.9. The summed E-state index contributed by atoms with van der Waals surface area (Å²) >= 11 is 0. The van der Waals surface area contributed by atoms with Gasteiger partial charge in [-0.3, -0.25) is 9.59 Å². The van der Waals surface area contributed by atoms with Gasteiger partial charge in [-0.25, -0.2) is 4.79 Å². The Balaban J connectivity index is 2.58. The predicted octanol–water partition coefficient (Wildman–Crippen LogP) is 6.88. The molecule has 0 aromatic carbocycles. The van der Waals surface area contributed by atoms with Crippen LogP contribution >= 0.6 is 0 Å². The van der Waals surface area contributed by atoms with Crippen LogP contribution in [0.25, 0.3) is 0 Å². The number of unbranched alkanes of at least 4 members (excludes halogenated alkanes) is 11. The van der Waals surface area contributed by atoms with E-state index in [4.69, 9.17) is 9.47 Å². The van der Waals surface area contributed by atoms with Gasteiger partial charge in [0, 0.05) is 6.42 Å². The number of carbonyl (C=O) groups excluding carboxylic acids is 3. The van der Waals surface area contributed by atoms with Crippen LogP contribution in [0.15, 0.2) is 0 Å². The summed E-state index contributed by atoms with van der Waals surface area (Å²) in [4.78, 5) is 36.0. The molecule has 6 nitrogen and oxygen atoms in total. The minimum Gasteiger partial charge on any atom is -0.461 e. The van der Waals surface area contributed by atoms with E-state index in [1.54, 1.807) is 0 Å². The van der Waals surface area contributed by atoms with Crippen molar-refractivity contribution in [3.8, 4) is 0 Å². The molecule has 0 aliphatic carbocycles. The van der Waals surface area contributed by atoms with Gasteiger partial charge >= 0.3 is 11.9 Å². The molecule has 1 saturated heterocycles.